The van der Waals surface area contributed by atoms with Gasteiger partial charge in [-0.05, 0) is 82.9 Å². The Morgan fingerprint density at radius 2 is 1.90 bits per heavy atom. The maximum atomic E-state index is 3.86. The van der Waals surface area contributed by atoms with Crippen molar-refractivity contribution in [2.45, 2.75) is 51.4 Å². The summed E-state index contributed by atoms with van der Waals surface area (Å²) < 4.78 is 0. The predicted molar refractivity (Wildman–Crippen MR) is 91.4 cm³/mol. The van der Waals surface area contributed by atoms with Crippen molar-refractivity contribution >= 4 is 0 Å². The van der Waals surface area contributed by atoms with Crippen molar-refractivity contribution < 1.29 is 0 Å². The number of hydrogen-bond acceptors (Lipinski definition) is 3. The summed E-state index contributed by atoms with van der Waals surface area (Å²) in [6.07, 6.45) is 13.2. The molecule has 2 N–H and O–H groups in total. The van der Waals surface area contributed by atoms with Crippen molar-refractivity contribution in [2.75, 3.05) is 39.8 Å². The lowest BCUT2D eigenvalue weighted by Crippen LogP contribution is -2.49. The molecular weight excluding hydrogens is 258 g/mol. The van der Waals surface area contributed by atoms with Crippen LogP contribution in [0, 0.1) is 11.3 Å². The Hall–Kier alpha value is -0.540. The van der Waals surface area contributed by atoms with Gasteiger partial charge in [-0.1, -0.05) is 25.8 Å². The number of piperidine rings is 1. The van der Waals surface area contributed by atoms with Crippen LogP contribution in [-0.2, 0) is 0 Å². The molecule has 0 aromatic carbocycles. The Kier molecular flexibility index (Phi) is 7.05. The smallest absolute Gasteiger partial charge is 0.0201 e. The number of hydrogen-bond donors (Lipinski definition) is 2. The van der Waals surface area contributed by atoms with Crippen molar-refractivity contribution in [2.24, 2.45) is 11.3 Å². The monoisotopic (exact) mass is 293 g/mol. The topological polar surface area (TPSA) is 27.3 Å². The molecule has 0 bridgehead atoms. The van der Waals surface area contributed by atoms with E-state index in [4.69, 9.17) is 0 Å². The van der Waals surface area contributed by atoms with E-state index in [1.807, 2.05) is 13.2 Å². The van der Waals surface area contributed by atoms with Crippen LogP contribution in [0.1, 0.15) is 51.4 Å². The quantitative estimate of drug-likeness (QED) is 0.674. The Balaban J connectivity index is 1.87. The van der Waals surface area contributed by atoms with Crippen LogP contribution in [0.3, 0.4) is 0 Å². The van der Waals surface area contributed by atoms with Gasteiger partial charge in [0.25, 0.3) is 0 Å². The first-order valence-corrected chi connectivity index (χ1v) is 9.02. The lowest BCUT2D eigenvalue weighted by Gasteiger charge is -2.48. The highest BCUT2D eigenvalue weighted by atomic mass is 15.1. The first-order valence-electron chi connectivity index (χ1n) is 9.02. The van der Waals surface area contributed by atoms with Gasteiger partial charge in [-0.3, -0.25) is 0 Å². The average Bonchev–Trinajstić information content (AvgIpc) is 2.55. The first kappa shape index (κ1) is 16.8. The van der Waals surface area contributed by atoms with Crippen LogP contribution in [0.4, 0.5) is 0 Å². The largest absolute Gasteiger partial charge is 0.391 e. The SMILES string of the molecule is C=CNCC1(C2CCCCC2)CCN(CCCNC)CC1. The number of rotatable bonds is 8. The van der Waals surface area contributed by atoms with Gasteiger partial charge in [-0.15, -0.1) is 0 Å². The summed E-state index contributed by atoms with van der Waals surface area (Å²) in [6.45, 7) is 9.99. The van der Waals surface area contributed by atoms with E-state index < -0.39 is 0 Å². The average molecular weight is 293 g/mol. The van der Waals surface area contributed by atoms with E-state index in [1.54, 1.807) is 0 Å². The molecule has 0 radical (unpaired) electrons. The van der Waals surface area contributed by atoms with Crippen molar-refractivity contribution in [3.63, 3.8) is 0 Å². The molecule has 0 atom stereocenters. The first-order chi connectivity index (χ1) is 10.3. The molecule has 1 aliphatic heterocycles. The van der Waals surface area contributed by atoms with Crippen molar-refractivity contribution in [1.82, 2.24) is 15.5 Å². The molecule has 0 amide bonds. The van der Waals surface area contributed by atoms with Crippen LogP contribution < -0.4 is 10.6 Å². The molecule has 3 nitrogen and oxygen atoms in total. The van der Waals surface area contributed by atoms with Crippen LogP contribution in [0.5, 0.6) is 0 Å². The zero-order chi connectivity index (χ0) is 15.0. The fraction of sp³-hybridized carbons (Fsp3) is 0.889. The molecule has 3 heteroatoms. The van der Waals surface area contributed by atoms with Crippen molar-refractivity contribution in [3.05, 3.63) is 12.8 Å². The van der Waals surface area contributed by atoms with E-state index in [0.717, 1.165) is 19.0 Å². The van der Waals surface area contributed by atoms with Gasteiger partial charge in [0.15, 0.2) is 0 Å². The molecule has 0 aromatic heterocycles. The highest BCUT2D eigenvalue weighted by Crippen LogP contribution is 2.45. The molecule has 1 heterocycles. The number of nitrogens with one attached hydrogen (secondary N) is 2. The lowest BCUT2D eigenvalue weighted by atomic mass is 9.63. The summed E-state index contributed by atoms with van der Waals surface area (Å²) in [7, 11) is 2.05. The summed E-state index contributed by atoms with van der Waals surface area (Å²) in [6, 6.07) is 0. The standard InChI is InChI=1S/C18H35N3/c1-3-20-16-18(17-8-5-4-6-9-17)10-14-21(15-11-18)13-7-12-19-2/h3,17,19-20H,1,4-16H2,2H3. The zero-order valence-corrected chi connectivity index (χ0v) is 14.0. The minimum Gasteiger partial charge on any atom is -0.391 e. The van der Waals surface area contributed by atoms with Gasteiger partial charge < -0.3 is 15.5 Å². The van der Waals surface area contributed by atoms with Crippen LogP contribution in [0.15, 0.2) is 12.8 Å². The second-order valence-electron chi connectivity index (χ2n) is 7.08. The highest BCUT2D eigenvalue weighted by molar-refractivity contribution is 4.95. The molecule has 21 heavy (non-hydrogen) atoms. The zero-order valence-electron chi connectivity index (χ0n) is 14.0. The molecule has 0 unspecified atom stereocenters. The van der Waals surface area contributed by atoms with Crippen LogP contribution >= 0.6 is 0 Å². The maximum absolute atomic E-state index is 3.86. The normalized spacial score (nSPS) is 23.9. The van der Waals surface area contributed by atoms with E-state index in [0.29, 0.717) is 5.41 Å². The summed E-state index contributed by atoms with van der Waals surface area (Å²) in [5, 5.41) is 6.71. The fourth-order valence-corrected chi connectivity index (χ4v) is 4.42. The number of likely N-dealkylation sites (tertiary alicyclic amines) is 1. The minimum atomic E-state index is 0.536. The molecule has 1 saturated heterocycles. The van der Waals surface area contributed by atoms with Crippen LogP contribution in [-0.4, -0.2) is 44.7 Å². The summed E-state index contributed by atoms with van der Waals surface area (Å²) >= 11 is 0. The molecular formula is C18H35N3. The van der Waals surface area contributed by atoms with Gasteiger partial charge in [0.05, 0.1) is 0 Å². The minimum absolute atomic E-state index is 0.536. The Morgan fingerprint density at radius 3 is 2.52 bits per heavy atom. The maximum Gasteiger partial charge on any atom is 0.0201 e. The van der Waals surface area contributed by atoms with Gasteiger partial charge in [0.1, 0.15) is 0 Å². The van der Waals surface area contributed by atoms with E-state index in [9.17, 15) is 0 Å². The van der Waals surface area contributed by atoms with Crippen LogP contribution in [0.2, 0.25) is 0 Å². The summed E-state index contributed by atoms with van der Waals surface area (Å²) in [4.78, 5) is 2.67. The summed E-state index contributed by atoms with van der Waals surface area (Å²) in [5.41, 5.74) is 0.536. The Morgan fingerprint density at radius 1 is 1.19 bits per heavy atom. The molecule has 0 spiro atoms. The van der Waals surface area contributed by atoms with Crippen molar-refractivity contribution in [3.8, 4) is 0 Å². The van der Waals surface area contributed by atoms with Gasteiger partial charge >= 0.3 is 0 Å². The third-order valence-corrected chi connectivity index (χ3v) is 5.82. The van der Waals surface area contributed by atoms with E-state index in [1.165, 1.54) is 71.0 Å². The number of nitrogens with zero attached hydrogens (tertiary/aromatic N) is 1. The second-order valence-corrected chi connectivity index (χ2v) is 7.08. The van der Waals surface area contributed by atoms with Gasteiger partial charge in [-0.25, -0.2) is 0 Å². The predicted octanol–water partition coefficient (Wildman–Crippen LogP) is 2.99. The van der Waals surface area contributed by atoms with Gasteiger partial charge in [-0.2, -0.15) is 0 Å². The molecule has 2 fully saturated rings. The van der Waals surface area contributed by atoms with Gasteiger partial charge in [0.2, 0.25) is 0 Å². The Labute approximate surface area is 131 Å². The van der Waals surface area contributed by atoms with E-state index in [2.05, 4.69) is 22.1 Å². The fourth-order valence-electron chi connectivity index (χ4n) is 4.42. The van der Waals surface area contributed by atoms with Crippen LogP contribution in [0.25, 0.3) is 0 Å². The van der Waals surface area contributed by atoms with E-state index >= 15 is 0 Å². The van der Waals surface area contributed by atoms with Crippen molar-refractivity contribution in [1.29, 1.82) is 0 Å². The molecule has 1 saturated carbocycles. The molecule has 1 aliphatic carbocycles. The highest BCUT2D eigenvalue weighted by Gasteiger charge is 2.41. The molecule has 2 rings (SSSR count). The third-order valence-electron chi connectivity index (χ3n) is 5.82. The van der Waals surface area contributed by atoms with Gasteiger partial charge in [0, 0.05) is 6.54 Å². The molecule has 2 aliphatic rings. The summed E-state index contributed by atoms with van der Waals surface area (Å²) in [5.74, 6) is 0.943. The van der Waals surface area contributed by atoms with E-state index in [-0.39, 0.29) is 0 Å². The molecule has 122 valence electrons. The molecule has 0 aromatic rings. The third kappa shape index (κ3) is 4.72. The lowest BCUT2D eigenvalue weighted by molar-refractivity contribution is 0.0316. The second kappa shape index (κ2) is 8.79. The Bertz CT molecular complexity index is 289.